The van der Waals surface area contributed by atoms with Crippen molar-refractivity contribution in [1.82, 2.24) is 9.88 Å². The van der Waals surface area contributed by atoms with Gasteiger partial charge in [-0.2, -0.15) is 0 Å². The van der Waals surface area contributed by atoms with E-state index in [2.05, 4.69) is 4.98 Å². The average Bonchev–Trinajstić information content (AvgIpc) is 3.25. The summed E-state index contributed by atoms with van der Waals surface area (Å²) in [4.78, 5) is 18.9. The van der Waals surface area contributed by atoms with E-state index in [0.717, 1.165) is 49.2 Å². The van der Waals surface area contributed by atoms with Crippen LogP contribution in [0.5, 0.6) is 0 Å². The van der Waals surface area contributed by atoms with Gasteiger partial charge in [0.25, 0.3) is 0 Å². The number of carbonyl (C=O) groups is 1. The summed E-state index contributed by atoms with van der Waals surface area (Å²) in [5, 5.41) is 2.75. The molecule has 3 heterocycles. The first-order valence-electron chi connectivity index (χ1n) is 7.60. The predicted molar refractivity (Wildman–Crippen MR) is 84.7 cm³/mol. The molecule has 0 aliphatic carbocycles. The zero-order valence-electron chi connectivity index (χ0n) is 12.7. The molecular formula is C16H20N2O3S. The number of hydrogen-bond acceptors (Lipinski definition) is 5. The van der Waals surface area contributed by atoms with Gasteiger partial charge in [-0.05, 0) is 25.5 Å². The summed E-state index contributed by atoms with van der Waals surface area (Å²) in [5.41, 5.74) is 0.808. The molecule has 1 saturated heterocycles. The number of nitrogens with zero attached hydrogens (tertiary/aromatic N) is 2. The van der Waals surface area contributed by atoms with Crippen LogP contribution in [0.25, 0.3) is 10.8 Å². The van der Waals surface area contributed by atoms with Gasteiger partial charge in [0.1, 0.15) is 0 Å². The normalized spacial score (nSPS) is 17.8. The number of ether oxygens (including phenoxy) is 1. The van der Waals surface area contributed by atoms with Crippen LogP contribution in [0.15, 0.2) is 28.2 Å². The summed E-state index contributed by atoms with van der Waals surface area (Å²) in [5.74, 6) is 1.35. The lowest BCUT2D eigenvalue weighted by atomic mass is 10.1. The lowest BCUT2D eigenvalue weighted by molar-refractivity contribution is -0.131. The van der Waals surface area contributed by atoms with Crippen LogP contribution in [-0.2, 0) is 16.0 Å². The Balaban J connectivity index is 1.60. The van der Waals surface area contributed by atoms with E-state index >= 15 is 0 Å². The Morgan fingerprint density at radius 3 is 3.14 bits per heavy atom. The standard InChI is InChI=1S/C16H20N2O3S/c1-2-18(9-12-5-7-20-10-12)15(19)8-13-11-22-16(17-13)14-4-3-6-21-14/h3-4,6,11-12H,2,5,7-10H2,1H3. The minimum atomic E-state index is 0.130. The fourth-order valence-electron chi connectivity index (χ4n) is 2.61. The van der Waals surface area contributed by atoms with Crippen molar-refractivity contribution in [2.75, 3.05) is 26.3 Å². The molecule has 0 spiro atoms. The van der Waals surface area contributed by atoms with Crippen molar-refractivity contribution in [3.63, 3.8) is 0 Å². The number of likely N-dealkylation sites (N-methyl/N-ethyl adjacent to an activating group) is 1. The van der Waals surface area contributed by atoms with Crippen molar-refractivity contribution in [2.24, 2.45) is 5.92 Å². The summed E-state index contributed by atoms with van der Waals surface area (Å²) in [6.07, 6.45) is 3.02. The number of amides is 1. The lowest BCUT2D eigenvalue weighted by Gasteiger charge is -2.23. The molecule has 0 radical (unpaired) electrons. The van der Waals surface area contributed by atoms with Gasteiger partial charge in [-0.15, -0.1) is 11.3 Å². The third-order valence-corrected chi connectivity index (χ3v) is 4.76. The quantitative estimate of drug-likeness (QED) is 0.821. The first-order valence-corrected chi connectivity index (χ1v) is 8.48. The molecule has 22 heavy (non-hydrogen) atoms. The number of rotatable bonds is 6. The zero-order chi connectivity index (χ0) is 15.4. The van der Waals surface area contributed by atoms with Crippen molar-refractivity contribution in [2.45, 2.75) is 19.8 Å². The number of hydrogen-bond donors (Lipinski definition) is 0. The van der Waals surface area contributed by atoms with E-state index in [4.69, 9.17) is 9.15 Å². The molecule has 0 N–H and O–H groups in total. The van der Waals surface area contributed by atoms with Crippen LogP contribution in [0, 0.1) is 5.92 Å². The van der Waals surface area contributed by atoms with E-state index in [9.17, 15) is 4.79 Å². The Hall–Kier alpha value is -1.66. The third kappa shape index (κ3) is 3.56. The van der Waals surface area contributed by atoms with Crippen molar-refractivity contribution in [3.8, 4) is 10.8 Å². The van der Waals surface area contributed by atoms with Gasteiger partial charge in [-0.25, -0.2) is 4.98 Å². The summed E-state index contributed by atoms with van der Waals surface area (Å²) in [6, 6.07) is 3.72. The van der Waals surface area contributed by atoms with E-state index < -0.39 is 0 Å². The average molecular weight is 320 g/mol. The zero-order valence-corrected chi connectivity index (χ0v) is 13.5. The van der Waals surface area contributed by atoms with Crippen molar-refractivity contribution in [3.05, 3.63) is 29.5 Å². The Labute approximate surface area is 133 Å². The van der Waals surface area contributed by atoms with Gasteiger partial charge in [-0.3, -0.25) is 4.79 Å². The van der Waals surface area contributed by atoms with Gasteiger partial charge in [-0.1, -0.05) is 0 Å². The maximum absolute atomic E-state index is 12.5. The molecule has 3 rings (SSSR count). The highest BCUT2D eigenvalue weighted by atomic mass is 32.1. The van der Waals surface area contributed by atoms with E-state index in [0.29, 0.717) is 12.3 Å². The number of furan rings is 1. The van der Waals surface area contributed by atoms with E-state index in [-0.39, 0.29) is 5.91 Å². The van der Waals surface area contributed by atoms with E-state index in [1.165, 1.54) is 11.3 Å². The van der Waals surface area contributed by atoms with E-state index in [1.807, 2.05) is 29.3 Å². The van der Waals surface area contributed by atoms with Crippen LogP contribution in [0.2, 0.25) is 0 Å². The van der Waals surface area contributed by atoms with Gasteiger partial charge in [0.2, 0.25) is 5.91 Å². The molecule has 1 aliphatic rings. The Kier molecular flexibility index (Phi) is 4.90. The molecule has 1 amide bonds. The Morgan fingerprint density at radius 1 is 1.55 bits per heavy atom. The highest BCUT2D eigenvalue weighted by Gasteiger charge is 2.22. The van der Waals surface area contributed by atoms with Gasteiger partial charge in [0.15, 0.2) is 10.8 Å². The molecular weight excluding hydrogens is 300 g/mol. The summed E-state index contributed by atoms with van der Waals surface area (Å²) in [7, 11) is 0. The van der Waals surface area contributed by atoms with Crippen LogP contribution >= 0.6 is 11.3 Å². The largest absolute Gasteiger partial charge is 0.462 e. The summed E-state index contributed by atoms with van der Waals surface area (Å²) in [6.45, 7) is 5.11. The molecule has 1 fully saturated rings. The molecule has 5 nitrogen and oxygen atoms in total. The molecule has 0 aromatic carbocycles. The molecule has 2 aromatic heterocycles. The number of aromatic nitrogens is 1. The molecule has 118 valence electrons. The molecule has 1 aliphatic heterocycles. The van der Waals surface area contributed by atoms with Crippen molar-refractivity contribution >= 4 is 17.2 Å². The topological polar surface area (TPSA) is 55.6 Å². The van der Waals surface area contributed by atoms with Crippen molar-refractivity contribution < 1.29 is 13.9 Å². The molecule has 1 unspecified atom stereocenters. The second kappa shape index (κ2) is 7.07. The Morgan fingerprint density at radius 2 is 2.45 bits per heavy atom. The van der Waals surface area contributed by atoms with Crippen LogP contribution in [0.4, 0.5) is 0 Å². The first kappa shape index (κ1) is 15.2. The maximum atomic E-state index is 12.5. The smallest absolute Gasteiger partial charge is 0.228 e. The van der Waals surface area contributed by atoms with E-state index in [1.54, 1.807) is 6.26 Å². The minimum absolute atomic E-state index is 0.130. The third-order valence-electron chi connectivity index (χ3n) is 3.85. The van der Waals surface area contributed by atoms with Gasteiger partial charge in [0, 0.05) is 31.0 Å². The molecule has 1 atom stereocenters. The van der Waals surface area contributed by atoms with Gasteiger partial charge in [0.05, 0.1) is 25.0 Å². The summed E-state index contributed by atoms with van der Waals surface area (Å²) < 4.78 is 10.7. The fourth-order valence-corrected chi connectivity index (χ4v) is 3.40. The molecule has 0 bridgehead atoms. The van der Waals surface area contributed by atoms with Gasteiger partial charge < -0.3 is 14.1 Å². The monoisotopic (exact) mass is 320 g/mol. The fraction of sp³-hybridized carbons (Fsp3) is 0.500. The Bertz CT molecular complexity index is 603. The first-order chi connectivity index (χ1) is 10.8. The van der Waals surface area contributed by atoms with Crippen LogP contribution in [0.1, 0.15) is 19.0 Å². The van der Waals surface area contributed by atoms with Crippen LogP contribution in [0.3, 0.4) is 0 Å². The van der Waals surface area contributed by atoms with Crippen LogP contribution < -0.4 is 0 Å². The molecule has 2 aromatic rings. The highest BCUT2D eigenvalue weighted by molar-refractivity contribution is 7.13. The summed E-state index contributed by atoms with van der Waals surface area (Å²) >= 11 is 1.51. The predicted octanol–water partition coefficient (Wildman–Crippen LogP) is 2.83. The second-order valence-corrected chi connectivity index (χ2v) is 6.32. The minimum Gasteiger partial charge on any atom is -0.462 e. The number of thiazole rings is 1. The molecule has 0 saturated carbocycles. The van der Waals surface area contributed by atoms with Crippen LogP contribution in [-0.4, -0.2) is 42.1 Å². The second-order valence-electron chi connectivity index (χ2n) is 5.46. The lowest BCUT2D eigenvalue weighted by Crippen LogP contribution is -2.36. The van der Waals surface area contributed by atoms with Gasteiger partial charge >= 0.3 is 0 Å². The maximum Gasteiger partial charge on any atom is 0.228 e. The number of carbonyl (C=O) groups excluding carboxylic acids is 1. The SMILES string of the molecule is CCN(CC1CCOC1)C(=O)Cc1csc(-c2ccco2)n1. The molecule has 6 heteroatoms. The highest BCUT2D eigenvalue weighted by Crippen LogP contribution is 2.24. The van der Waals surface area contributed by atoms with Crippen molar-refractivity contribution in [1.29, 1.82) is 0 Å².